The van der Waals surface area contributed by atoms with Gasteiger partial charge in [-0.1, -0.05) is 29.8 Å². The van der Waals surface area contributed by atoms with Crippen molar-refractivity contribution in [2.45, 2.75) is 12.3 Å². The molecule has 4 nitrogen and oxygen atoms in total. The van der Waals surface area contributed by atoms with Crippen LogP contribution in [0, 0.1) is 17.1 Å². The van der Waals surface area contributed by atoms with Crippen LogP contribution in [0.1, 0.15) is 16.7 Å². The number of nitriles is 1. The summed E-state index contributed by atoms with van der Waals surface area (Å²) in [5.41, 5.74) is 1.58. The van der Waals surface area contributed by atoms with Crippen LogP contribution in [0.15, 0.2) is 42.5 Å². The summed E-state index contributed by atoms with van der Waals surface area (Å²) in [6.07, 6.45) is 0. The summed E-state index contributed by atoms with van der Waals surface area (Å²) in [5.74, 6) is -0.657. The summed E-state index contributed by atoms with van der Waals surface area (Å²) in [6.45, 7) is 0.0533. The molecule has 0 unspecified atom stereocenters. The van der Waals surface area contributed by atoms with Gasteiger partial charge in [0.05, 0.1) is 17.4 Å². The van der Waals surface area contributed by atoms with Gasteiger partial charge in [0.2, 0.25) is 10.0 Å². The minimum absolute atomic E-state index is 0.0533. The van der Waals surface area contributed by atoms with Gasteiger partial charge in [-0.15, -0.1) is 0 Å². The van der Waals surface area contributed by atoms with Crippen LogP contribution in [-0.2, 0) is 22.3 Å². The predicted molar refractivity (Wildman–Crippen MR) is 86.7 cm³/mol. The van der Waals surface area contributed by atoms with Crippen LogP contribution >= 0.6 is 11.6 Å². The van der Waals surface area contributed by atoms with E-state index < -0.39 is 15.8 Å². The highest BCUT2D eigenvalue weighted by Gasteiger charge is 2.20. The van der Waals surface area contributed by atoms with Gasteiger partial charge in [0.1, 0.15) is 5.82 Å². The number of sulfonamides is 1. The van der Waals surface area contributed by atoms with Gasteiger partial charge in [-0.2, -0.15) is 5.26 Å². The Kier molecular flexibility index (Phi) is 5.37. The number of hydrogen-bond acceptors (Lipinski definition) is 3. The van der Waals surface area contributed by atoms with Crippen molar-refractivity contribution in [1.29, 1.82) is 5.26 Å². The van der Waals surface area contributed by atoms with E-state index in [1.807, 2.05) is 6.07 Å². The molecule has 0 bridgehead atoms. The standard InChI is InChI=1S/C16H14ClFN2O2S/c1-20(10-14-6-7-15(18)8-16(14)17)23(21,22)11-13-4-2-12(9-19)3-5-13/h2-8H,10-11H2,1H3. The SMILES string of the molecule is CN(Cc1ccc(F)cc1Cl)S(=O)(=O)Cc1ccc(C#N)cc1. The lowest BCUT2D eigenvalue weighted by Crippen LogP contribution is -2.27. The van der Waals surface area contributed by atoms with Gasteiger partial charge in [0.25, 0.3) is 0 Å². The fourth-order valence-electron chi connectivity index (χ4n) is 1.98. The van der Waals surface area contributed by atoms with Gasteiger partial charge in [0.15, 0.2) is 0 Å². The third-order valence-corrected chi connectivity index (χ3v) is 5.44. The van der Waals surface area contributed by atoms with Crippen LogP contribution in [0.2, 0.25) is 5.02 Å². The van der Waals surface area contributed by atoms with E-state index in [9.17, 15) is 12.8 Å². The molecule has 0 radical (unpaired) electrons. The number of rotatable bonds is 5. The van der Waals surface area contributed by atoms with Crippen LogP contribution in [0.4, 0.5) is 4.39 Å². The Labute approximate surface area is 139 Å². The van der Waals surface area contributed by atoms with E-state index in [1.165, 1.54) is 23.5 Å². The maximum absolute atomic E-state index is 13.0. The molecule has 2 rings (SSSR count). The lowest BCUT2D eigenvalue weighted by Gasteiger charge is -2.18. The van der Waals surface area contributed by atoms with Crippen molar-refractivity contribution in [2.75, 3.05) is 7.05 Å². The maximum atomic E-state index is 13.0. The van der Waals surface area contributed by atoms with Crippen molar-refractivity contribution in [2.24, 2.45) is 0 Å². The molecule has 120 valence electrons. The van der Waals surface area contributed by atoms with E-state index >= 15 is 0 Å². The first-order valence-corrected chi connectivity index (χ1v) is 8.67. The van der Waals surface area contributed by atoms with Gasteiger partial charge in [-0.05, 0) is 35.4 Å². The molecule has 0 aliphatic rings. The third-order valence-electron chi connectivity index (χ3n) is 3.32. The zero-order chi connectivity index (χ0) is 17.0. The Bertz CT molecular complexity index is 845. The monoisotopic (exact) mass is 352 g/mol. The van der Waals surface area contributed by atoms with Gasteiger partial charge < -0.3 is 0 Å². The van der Waals surface area contributed by atoms with E-state index in [-0.39, 0.29) is 17.3 Å². The van der Waals surface area contributed by atoms with Crippen molar-refractivity contribution in [3.05, 3.63) is 70.0 Å². The number of benzene rings is 2. The fraction of sp³-hybridized carbons (Fsp3) is 0.188. The zero-order valence-electron chi connectivity index (χ0n) is 12.3. The second-order valence-corrected chi connectivity index (χ2v) is 7.54. The Morgan fingerprint density at radius 3 is 2.43 bits per heavy atom. The molecule has 0 heterocycles. The number of hydrogen-bond donors (Lipinski definition) is 0. The molecule has 2 aromatic carbocycles. The quantitative estimate of drug-likeness (QED) is 0.829. The molecule has 0 aliphatic heterocycles. The molecule has 0 fully saturated rings. The number of halogens is 2. The highest BCUT2D eigenvalue weighted by atomic mass is 35.5. The zero-order valence-corrected chi connectivity index (χ0v) is 13.9. The summed E-state index contributed by atoms with van der Waals surface area (Å²) in [6, 6.07) is 12.2. The van der Waals surface area contributed by atoms with E-state index in [2.05, 4.69) is 0 Å². The van der Waals surface area contributed by atoms with Crippen molar-refractivity contribution in [3.8, 4) is 6.07 Å². The Balaban J connectivity index is 2.13. The second kappa shape index (κ2) is 7.09. The molecule has 2 aromatic rings. The predicted octanol–water partition coefficient (Wildman–Crippen LogP) is 3.31. The molecular weight excluding hydrogens is 339 g/mol. The van der Waals surface area contributed by atoms with E-state index in [4.69, 9.17) is 16.9 Å². The van der Waals surface area contributed by atoms with Crippen LogP contribution in [-0.4, -0.2) is 19.8 Å². The third kappa shape index (κ3) is 4.52. The largest absolute Gasteiger partial charge is 0.218 e. The highest BCUT2D eigenvalue weighted by Crippen LogP contribution is 2.20. The van der Waals surface area contributed by atoms with Crippen molar-refractivity contribution in [1.82, 2.24) is 4.31 Å². The lowest BCUT2D eigenvalue weighted by atomic mass is 10.2. The topological polar surface area (TPSA) is 61.2 Å². The van der Waals surface area contributed by atoms with E-state index in [0.717, 1.165) is 6.07 Å². The van der Waals surface area contributed by atoms with Crippen molar-refractivity contribution >= 4 is 21.6 Å². The van der Waals surface area contributed by atoms with Crippen LogP contribution in [0.3, 0.4) is 0 Å². The maximum Gasteiger partial charge on any atom is 0.218 e. The first-order chi connectivity index (χ1) is 10.8. The van der Waals surface area contributed by atoms with E-state index in [1.54, 1.807) is 24.3 Å². The first kappa shape index (κ1) is 17.4. The number of nitrogens with zero attached hydrogens (tertiary/aromatic N) is 2. The van der Waals surface area contributed by atoms with Crippen LogP contribution in [0.5, 0.6) is 0 Å². The van der Waals surface area contributed by atoms with Gasteiger partial charge in [-0.3, -0.25) is 0 Å². The average molecular weight is 353 g/mol. The molecule has 0 amide bonds. The molecule has 0 atom stereocenters. The van der Waals surface area contributed by atoms with Crippen molar-refractivity contribution < 1.29 is 12.8 Å². The molecule has 0 aromatic heterocycles. The van der Waals surface area contributed by atoms with Gasteiger partial charge in [0, 0.05) is 18.6 Å². The molecule has 23 heavy (non-hydrogen) atoms. The smallest absolute Gasteiger partial charge is 0.212 e. The lowest BCUT2D eigenvalue weighted by molar-refractivity contribution is 0.465. The highest BCUT2D eigenvalue weighted by molar-refractivity contribution is 7.88. The first-order valence-electron chi connectivity index (χ1n) is 6.69. The van der Waals surface area contributed by atoms with E-state index in [0.29, 0.717) is 16.7 Å². The fourth-order valence-corrected chi connectivity index (χ4v) is 3.38. The molecular formula is C16H14ClFN2O2S. The van der Waals surface area contributed by atoms with Gasteiger partial charge in [-0.25, -0.2) is 17.1 Å². The Hall–Kier alpha value is -1.94. The molecule has 0 saturated heterocycles. The molecule has 0 N–H and O–H groups in total. The van der Waals surface area contributed by atoms with Crippen molar-refractivity contribution in [3.63, 3.8) is 0 Å². The summed E-state index contributed by atoms with van der Waals surface area (Å²) < 4.78 is 39.0. The molecule has 7 heteroatoms. The normalized spacial score (nSPS) is 11.4. The second-order valence-electron chi connectivity index (χ2n) is 5.06. The molecule has 0 spiro atoms. The van der Waals surface area contributed by atoms with Gasteiger partial charge >= 0.3 is 0 Å². The Morgan fingerprint density at radius 1 is 1.22 bits per heavy atom. The van der Waals surface area contributed by atoms with Crippen LogP contribution < -0.4 is 0 Å². The molecule has 0 saturated carbocycles. The molecule has 0 aliphatic carbocycles. The van der Waals surface area contributed by atoms with Crippen LogP contribution in [0.25, 0.3) is 0 Å². The summed E-state index contributed by atoms with van der Waals surface area (Å²) in [7, 11) is -2.12. The minimum Gasteiger partial charge on any atom is -0.212 e. The summed E-state index contributed by atoms with van der Waals surface area (Å²) in [5, 5.41) is 8.93. The minimum atomic E-state index is -3.56. The summed E-state index contributed by atoms with van der Waals surface area (Å²) >= 11 is 5.93. The summed E-state index contributed by atoms with van der Waals surface area (Å²) in [4.78, 5) is 0. The Morgan fingerprint density at radius 2 is 1.87 bits per heavy atom. The average Bonchev–Trinajstić information content (AvgIpc) is 2.50.